The lowest BCUT2D eigenvalue weighted by Gasteiger charge is -2.17. The topological polar surface area (TPSA) is 51.2 Å². The molecule has 3 nitrogen and oxygen atoms in total. The van der Waals surface area contributed by atoms with Gasteiger partial charge in [0.15, 0.2) is 0 Å². The fraction of sp³-hybridized carbons (Fsp3) is 1.00. The normalized spacial score (nSPS) is 28.1. The van der Waals surface area contributed by atoms with Gasteiger partial charge in [-0.15, -0.1) is 0 Å². The number of hydrogen-bond acceptors (Lipinski definition) is 3. The number of rotatable bonds is 1. The van der Waals surface area contributed by atoms with Crippen LogP contribution in [-0.4, -0.2) is 29.4 Å². The smallest absolute Gasteiger partial charge is 0.150 e. The second kappa shape index (κ2) is 3.41. The first-order chi connectivity index (χ1) is 5.01. The molecule has 0 bridgehead atoms. The van der Waals surface area contributed by atoms with Crippen molar-refractivity contribution in [2.75, 3.05) is 11.5 Å². The van der Waals surface area contributed by atoms with E-state index in [1.165, 1.54) is 0 Å². The molecule has 66 valence electrons. The summed E-state index contributed by atoms with van der Waals surface area (Å²) in [6.07, 6.45) is 0.886. The van der Waals surface area contributed by atoms with Crippen LogP contribution in [0.1, 0.15) is 12.8 Å². The van der Waals surface area contributed by atoms with Crippen molar-refractivity contribution < 1.29 is 12.6 Å². The maximum Gasteiger partial charge on any atom is 0.150 e. The van der Waals surface area contributed by atoms with Crippen LogP contribution in [0.3, 0.4) is 0 Å². The third-order valence-electron chi connectivity index (χ3n) is 1.76. The van der Waals surface area contributed by atoms with Crippen molar-refractivity contribution in [3.63, 3.8) is 0 Å². The third kappa shape index (κ3) is 2.72. The molecular formula is C5H9ClO3S2. The van der Waals surface area contributed by atoms with Gasteiger partial charge in [0, 0.05) is 0 Å². The minimum Gasteiger partial charge on any atom is -0.242 e. The average Bonchev–Trinajstić information content (AvgIpc) is 1.86. The fourth-order valence-corrected chi connectivity index (χ4v) is 3.98. The van der Waals surface area contributed by atoms with Gasteiger partial charge in [-0.3, -0.25) is 0 Å². The van der Waals surface area contributed by atoms with Crippen LogP contribution in [0.4, 0.5) is 0 Å². The Morgan fingerprint density at radius 1 is 1.27 bits per heavy atom. The Morgan fingerprint density at radius 2 is 1.73 bits per heavy atom. The standard InChI is InChI=1S/C5H9ClO3S2/c6-10(7)5-1-3-11(8,9)4-2-5/h5H,1-4H2. The summed E-state index contributed by atoms with van der Waals surface area (Å²) in [6, 6.07) is 0. The first kappa shape index (κ1) is 9.48. The Bertz CT molecular complexity index is 245. The van der Waals surface area contributed by atoms with E-state index in [9.17, 15) is 12.6 Å². The van der Waals surface area contributed by atoms with Gasteiger partial charge in [0.25, 0.3) is 0 Å². The molecule has 1 atom stereocenters. The lowest BCUT2D eigenvalue weighted by atomic mass is 10.2. The summed E-state index contributed by atoms with van der Waals surface area (Å²) < 4.78 is 32.4. The van der Waals surface area contributed by atoms with E-state index in [0.717, 1.165) is 0 Å². The molecule has 0 radical (unpaired) electrons. The van der Waals surface area contributed by atoms with Crippen LogP contribution in [0.5, 0.6) is 0 Å². The zero-order chi connectivity index (χ0) is 8.48. The van der Waals surface area contributed by atoms with Gasteiger partial charge in [-0.1, -0.05) is 0 Å². The molecule has 0 saturated carbocycles. The molecule has 6 heteroatoms. The van der Waals surface area contributed by atoms with Gasteiger partial charge in [-0.25, -0.2) is 12.6 Å². The lowest BCUT2D eigenvalue weighted by molar-refractivity contribution is 0.575. The van der Waals surface area contributed by atoms with E-state index in [-0.39, 0.29) is 16.8 Å². The molecule has 0 aromatic heterocycles. The van der Waals surface area contributed by atoms with Gasteiger partial charge in [0.1, 0.15) is 19.9 Å². The average molecular weight is 217 g/mol. The second-order valence-corrected chi connectivity index (χ2v) is 6.98. The molecule has 1 rings (SSSR count). The predicted molar refractivity (Wildman–Crippen MR) is 45.7 cm³/mol. The van der Waals surface area contributed by atoms with Crippen molar-refractivity contribution in [3.05, 3.63) is 0 Å². The summed E-state index contributed by atoms with van der Waals surface area (Å²) in [5.74, 6) is 0.270. The maximum absolute atomic E-state index is 10.9. The van der Waals surface area contributed by atoms with Crippen LogP contribution in [-0.2, 0) is 19.9 Å². The molecule has 0 amide bonds. The van der Waals surface area contributed by atoms with Gasteiger partial charge in [0.2, 0.25) is 0 Å². The molecule has 1 unspecified atom stereocenters. The maximum atomic E-state index is 10.9. The van der Waals surface area contributed by atoms with Crippen LogP contribution in [0, 0.1) is 0 Å². The summed E-state index contributed by atoms with van der Waals surface area (Å²) in [7, 11) is 1.11. The van der Waals surface area contributed by atoms with Crippen molar-refractivity contribution >= 4 is 30.5 Å². The number of hydrogen-bond donors (Lipinski definition) is 0. The summed E-state index contributed by atoms with van der Waals surface area (Å²) in [5.41, 5.74) is 0. The highest BCUT2D eigenvalue weighted by Gasteiger charge is 2.26. The summed E-state index contributed by atoms with van der Waals surface area (Å²) >= 11 is 0. The van der Waals surface area contributed by atoms with Crippen molar-refractivity contribution in [3.8, 4) is 0 Å². The molecule has 0 aromatic carbocycles. The van der Waals surface area contributed by atoms with E-state index >= 15 is 0 Å². The van der Waals surface area contributed by atoms with Crippen molar-refractivity contribution in [2.24, 2.45) is 0 Å². The molecule has 1 saturated heterocycles. The molecule has 1 heterocycles. The zero-order valence-corrected chi connectivity index (χ0v) is 8.21. The Morgan fingerprint density at radius 3 is 2.09 bits per heavy atom. The van der Waals surface area contributed by atoms with E-state index in [1.54, 1.807) is 0 Å². The molecular weight excluding hydrogens is 208 g/mol. The van der Waals surface area contributed by atoms with Crippen molar-refractivity contribution in [1.29, 1.82) is 0 Å². The van der Waals surface area contributed by atoms with Crippen LogP contribution >= 0.6 is 10.7 Å². The van der Waals surface area contributed by atoms with E-state index in [0.29, 0.717) is 12.8 Å². The fourth-order valence-electron chi connectivity index (χ4n) is 1.05. The highest BCUT2D eigenvalue weighted by atomic mass is 35.7. The number of halogens is 1. The van der Waals surface area contributed by atoms with E-state index in [2.05, 4.69) is 0 Å². The van der Waals surface area contributed by atoms with Gasteiger partial charge in [-0.2, -0.15) is 0 Å². The minimum atomic E-state index is -2.84. The molecule has 1 fully saturated rings. The van der Waals surface area contributed by atoms with E-state index < -0.39 is 19.9 Å². The van der Waals surface area contributed by atoms with Crippen LogP contribution in [0.15, 0.2) is 0 Å². The van der Waals surface area contributed by atoms with Gasteiger partial charge >= 0.3 is 0 Å². The first-order valence-electron chi connectivity index (χ1n) is 3.28. The largest absolute Gasteiger partial charge is 0.242 e. The molecule has 0 aromatic rings. The molecule has 0 aliphatic carbocycles. The minimum absolute atomic E-state index is 0.125. The Balaban J connectivity index is 2.56. The second-order valence-electron chi connectivity index (χ2n) is 2.60. The Kier molecular flexibility index (Phi) is 2.94. The summed E-state index contributed by atoms with van der Waals surface area (Å²) in [4.78, 5) is 0. The first-order valence-corrected chi connectivity index (χ1v) is 7.14. The third-order valence-corrected chi connectivity index (χ3v) is 5.23. The molecule has 1 aliphatic rings. The van der Waals surface area contributed by atoms with Crippen molar-refractivity contribution in [2.45, 2.75) is 18.1 Å². The van der Waals surface area contributed by atoms with Gasteiger partial charge < -0.3 is 0 Å². The van der Waals surface area contributed by atoms with Gasteiger partial charge in [0.05, 0.1) is 16.8 Å². The Labute approximate surface area is 73.0 Å². The van der Waals surface area contributed by atoms with Crippen LogP contribution in [0.2, 0.25) is 0 Å². The quantitative estimate of drug-likeness (QED) is 0.599. The molecule has 0 spiro atoms. The van der Waals surface area contributed by atoms with E-state index in [4.69, 9.17) is 10.7 Å². The van der Waals surface area contributed by atoms with E-state index in [1.807, 2.05) is 0 Å². The molecule has 1 aliphatic heterocycles. The predicted octanol–water partition coefficient (Wildman–Crippen LogP) is 0.466. The van der Waals surface area contributed by atoms with Crippen LogP contribution in [0.25, 0.3) is 0 Å². The lowest BCUT2D eigenvalue weighted by Crippen LogP contribution is -2.28. The zero-order valence-electron chi connectivity index (χ0n) is 5.82. The summed E-state index contributed by atoms with van der Waals surface area (Å²) in [5, 5.41) is -0.125. The van der Waals surface area contributed by atoms with Crippen LogP contribution < -0.4 is 0 Å². The number of sulfone groups is 1. The highest BCUT2D eigenvalue weighted by molar-refractivity contribution is 8.08. The SMILES string of the molecule is O=S(Cl)C1CCS(=O)(=O)CC1. The molecule has 11 heavy (non-hydrogen) atoms. The monoisotopic (exact) mass is 216 g/mol. The highest BCUT2D eigenvalue weighted by Crippen LogP contribution is 2.18. The molecule has 0 N–H and O–H groups in total. The van der Waals surface area contributed by atoms with Gasteiger partial charge in [-0.05, 0) is 23.5 Å². The van der Waals surface area contributed by atoms with Crippen molar-refractivity contribution in [1.82, 2.24) is 0 Å². The Hall–Kier alpha value is 0.390. The summed E-state index contributed by atoms with van der Waals surface area (Å²) in [6.45, 7) is 0.